The quantitative estimate of drug-likeness (QED) is 0.384. The Morgan fingerprint density at radius 3 is 2.40 bits per heavy atom. The van der Waals surface area contributed by atoms with E-state index in [2.05, 4.69) is 15.3 Å². The van der Waals surface area contributed by atoms with Crippen molar-refractivity contribution in [3.8, 4) is 0 Å². The molecule has 1 N–H and O–H groups in total. The van der Waals surface area contributed by atoms with Crippen LogP contribution in [0.15, 0.2) is 64.5 Å². The van der Waals surface area contributed by atoms with Gasteiger partial charge < -0.3 is 5.32 Å². The van der Waals surface area contributed by atoms with Crippen LogP contribution >= 0.6 is 11.8 Å². The molecule has 2 heterocycles. The lowest BCUT2D eigenvalue weighted by atomic mass is 10.1. The number of benzene rings is 2. The van der Waals surface area contributed by atoms with E-state index in [0.29, 0.717) is 22.6 Å². The van der Waals surface area contributed by atoms with Crippen LogP contribution in [0.1, 0.15) is 19.5 Å². The highest BCUT2D eigenvalue weighted by molar-refractivity contribution is 8.00. The number of fused-ring (bicyclic) bond motifs is 2. The molecule has 0 saturated carbocycles. The zero-order valence-electron chi connectivity index (χ0n) is 17.0. The van der Waals surface area contributed by atoms with Gasteiger partial charge in [0.1, 0.15) is 0 Å². The maximum atomic E-state index is 13.0. The predicted octanol–water partition coefficient (Wildman–Crippen LogP) is 4.39. The molecule has 0 radical (unpaired) electrons. The van der Waals surface area contributed by atoms with Crippen molar-refractivity contribution in [1.82, 2.24) is 14.5 Å². The summed E-state index contributed by atoms with van der Waals surface area (Å²) in [6.07, 6.45) is 0. The lowest BCUT2D eigenvalue weighted by Gasteiger charge is -2.16. The van der Waals surface area contributed by atoms with E-state index in [4.69, 9.17) is 0 Å². The summed E-state index contributed by atoms with van der Waals surface area (Å²) in [4.78, 5) is 34.9. The summed E-state index contributed by atoms with van der Waals surface area (Å²) in [5.74, 6) is -0.152. The molecule has 0 aliphatic rings. The number of pyridine rings is 1. The Morgan fingerprint density at radius 2 is 1.70 bits per heavy atom. The van der Waals surface area contributed by atoms with Crippen LogP contribution in [0.5, 0.6) is 0 Å². The van der Waals surface area contributed by atoms with Gasteiger partial charge in [-0.15, -0.1) is 0 Å². The minimum Gasteiger partial charge on any atom is -0.324 e. The number of hydrogen-bond acceptors (Lipinski definition) is 5. The van der Waals surface area contributed by atoms with Crippen molar-refractivity contribution in [3.63, 3.8) is 0 Å². The maximum Gasteiger partial charge on any atom is 0.262 e. The number of para-hydroxylation sites is 2. The molecular weight excluding hydrogens is 396 g/mol. The molecule has 6 nitrogen and oxygen atoms in total. The number of nitrogens with one attached hydrogen (secondary N) is 1. The van der Waals surface area contributed by atoms with Crippen LogP contribution in [0.2, 0.25) is 0 Å². The van der Waals surface area contributed by atoms with Gasteiger partial charge in [-0.25, -0.2) is 4.98 Å². The molecule has 0 spiro atoms. The van der Waals surface area contributed by atoms with Crippen LogP contribution in [0.25, 0.3) is 21.8 Å². The Hall–Kier alpha value is -3.19. The molecule has 1 atom stereocenters. The number of carbonyl (C=O) groups excluding carboxylic acids is 1. The molecule has 4 rings (SSSR count). The van der Waals surface area contributed by atoms with E-state index in [1.807, 2.05) is 69.3 Å². The smallest absolute Gasteiger partial charge is 0.262 e. The summed E-state index contributed by atoms with van der Waals surface area (Å²) in [5.41, 5.74) is 2.95. The fourth-order valence-electron chi connectivity index (χ4n) is 3.37. The number of aromatic nitrogens is 3. The Labute approximate surface area is 178 Å². The number of nitrogens with zero attached hydrogens (tertiary/aromatic N) is 3. The van der Waals surface area contributed by atoms with E-state index in [9.17, 15) is 9.59 Å². The molecule has 2 aromatic carbocycles. The molecule has 2 aromatic heterocycles. The first-order chi connectivity index (χ1) is 14.5. The summed E-state index contributed by atoms with van der Waals surface area (Å²) in [6.45, 7) is 6.11. The third-order valence-corrected chi connectivity index (χ3v) is 5.99. The van der Waals surface area contributed by atoms with Gasteiger partial charge >= 0.3 is 0 Å². The Kier molecular flexibility index (Phi) is 5.55. The van der Waals surface area contributed by atoms with Crippen molar-refractivity contribution in [2.24, 2.45) is 0 Å². The SMILES string of the molecule is CCn1c(SC(C)C(=O)Nc2cc(C)nc3ccccc23)nc2ccccc2c1=O. The van der Waals surface area contributed by atoms with Crippen LogP contribution in [-0.2, 0) is 11.3 Å². The van der Waals surface area contributed by atoms with Crippen molar-refractivity contribution in [2.75, 3.05) is 5.32 Å². The minimum atomic E-state index is -0.442. The summed E-state index contributed by atoms with van der Waals surface area (Å²) < 4.78 is 1.61. The number of amides is 1. The van der Waals surface area contributed by atoms with Crippen LogP contribution in [-0.4, -0.2) is 25.7 Å². The zero-order chi connectivity index (χ0) is 21.3. The van der Waals surface area contributed by atoms with Crippen molar-refractivity contribution in [1.29, 1.82) is 0 Å². The molecule has 152 valence electrons. The molecule has 4 aromatic rings. The molecular formula is C23H22N4O2S. The van der Waals surface area contributed by atoms with Gasteiger partial charge in [0.15, 0.2) is 5.16 Å². The first kappa shape index (κ1) is 20.1. The second kappa shape index (κ2) is 8.28. The van der Waals surface area contributed by atoms with E-state index >= 15 is 0 Å². The summed E-state index contributed by atoms with van der Waals surface area (Å²) in [5, 5.41) is 4.59. The summed E-state index contributed by atoms with van der Waals surface area (Å²) in [7, 11) is 0. The monoisotopic (exact) mass is 418 g/mol. The highest BCUT2D eigenvalue weighted by Gasteiger charge is 2.20. The summed E-state index contributed by atoms with van der Waals surface area (Å²) in [6, 6.07) is 16.9. The van der Waals surface area contributed by atoms with Gasteiger partial charge in [0.25, 0.3) is 5.56 Å². The maximum absolute atomic E-state index is 13.0. The van der Waals surface area contributed by atoms with Gasteiger partial charge in [0.2, 0.25) is 5.91 Å². The Bertz CT molecular complexity index is 1320. The van der Waals surface area contributed by atoms with Crippen LogP contribution in [0, 0.1) is 6.92 Å². The van der Waals surface area contributed by atoms with Gasteiger partial charge in [0.05, 0.1) is 27.4 Å². The second-order valence-corrected chi connectivity index (χ2v) is 8.35. The lowest BCUT2D eigenvalue weighted by molar-refractivity contribution is -0.115. The first-order valence-electron chi connectivity index (χ1n) is 9.81. The second-order valence-electron chi connectivity index (χ2n) is 7.04. The number of aryl methyl sites for hydroxylation is 1. The molecule has 1 unspecified atom stereocenters. The third kappa shape index (κ3) is 3.80. The fourth-order valence-corrected chi connectivity index (χ4v) is 4.35. The van der Waals surface area contributed by atoms with E-state index in [0.717, 1.165) is 22.3 Å². The fraction of sp³-hybridized carbons (Fsp3) is 0.217. The van der Waals surface area contributed by atoms with E-state index in [1.165, 1.54) is 11.8 Å². The van der Waals surface area contributed by atoms with Crippen molar-refractivity contribution < 1.29 is 4.79 Å². The molecule has 0 aliphatic carbocycles. The van der Waals surface area contributed by atoms with Crippen molar-refractivity contribution in [2.45, 2.75) is 37.7 Å². The van der Waals surface area contributed by atoms with Crippen LogP contribution in [0.4, 0.5) is 5.69 Å². The van der Waals surface area contributed by atoms with Crippen LogP contribution < -0.4 is 10.9 Å². The topological polar surface area (TPSA) is 76.9 Å². The van der Waals surface area contributed by atoms with E-state index in [-0.39, 0.29) is 11.5 Å². The highest BCUT2D eigenvalue weighted by Crippen LogP contribution is 2.26. The zero-order valence-corrected chi connectivity index (χ0v) is 17.9. The average Bonchev–Trinajstić information content (AvgIpc) is 2.74. The molecule has 1 amide bonds. The van der Waals surface area contributed by atoms with Gasteiger partial charge in [0, 0.05) is 17.6 Å². The molecule has 0 bridgehead atoms. The standard InChI is InChI=1S/C23H22N4O2S/c1-4-27-22(29)17-10-6-8-12-19(17)26-23(27)30-15(3)21(28)25-20-13-14(2)24-18-11-7-5-9-16(18)20/h5-13,15H,4H2,1-3H3,(H,24,25,28). The lowest BCUT2D eigenvalue weighted by Crippen LogP contribution is -2.26. The minimum absolute atomic E-state index is 0.0889. The van der Waals surface area contributed by atoms with Gasteiger partial charge in [-0.3, -0.25) is 19.1 Å². The predicted molar refractivity (Wildman–Crippen MR) is 122 cm³/mol. The number of anilines is 1. The molecule has 0 saturated heterocycles. The van der Waals surface area contributed by atoms with Gasteiger partial charge in [-0.1, -0.05) is 42.1 Å². The highest BCUT2D eigenvalue weighted by atomic mass is 32.2. The number of rotatable bonds is 5. The molecule has 30 heavy (non-hydrogen) atoms. The average molecular weight is 419 g/mol. The number of hydrogen-bond donors (Lipinski definition) is 1. The third-order valence-electron chi connectivity index (χ3n) is 4.90. The molecule has 7 heteroatoms. The van der Waals surface area contributed by atoms with Crippen molar-refractivity contribution >= 4 is 45.2 Å². The largest absolute Gasteiger partial charge is 0.324 e. The van der Waals surface area contributed by atoms with Crippen molar-refractivity contribution in [3.05, 3.63) is 70.6 Å². The van der Waals surface area contributed by atoms with Gasteiger partial charge in [-0.05, 0) is 45.0 Å². The first-order valence-corrected chi connectivity index (χ1v) is 10.7. The normalized spacial score (nSPS) is 12.2. The molecule has 0 aliphatic heterocycles. The van der Waals surface area contributed by atoms with E-state index in [1.54, 1.807) is 10.6 Å². The summed E-state index contributed by atoms with van der Waals surface area (Å²) >= 11 is 1.28. The Morgan fingerprint density at radius 1 is 1.07 bits per heavy atom. The van der Waals surface area contributed by atoms with Crippen LogP contribution in [0.3, 0.4) is 0 Å². The van der Waals surface area contributed by atoms with E-state index < -0.39 is 5.25 Å². The Balaban J connectivity index is 1.63. The van der Waals surface area contributed by atoms with Gasteiger partial charge in [-0.2, -0.15) is 0 Å². The number of thioether (sulfide) groups is 1. The molecule has 0 fully saturated rings. The number of carbonyl (C=O) groups is 1.